The van der Waals surface area contributed by atoms with Crippen LogP contribution in [0.1, 0.15) is 31.3 Å². The van der Waals surface area contributed by atoms with E-state index in [4.69, 9.17) is 9.47 Å². The summed E-state index contributed by atoms with van der Waals surface area (Å²) in [5.41, 5.74) is 1.46. The van der Waals surface area contributed by atoms with Gasteiger partial charge in [-0.3, -0.25) is 9.69 Å². The van der Waals surface area contributed by atoms with E-state index in [0.29, 0.717) is 40.4 Å². The molecule has 0 aliphatic carbocycles. The predicted molar refractivity (Wildman–Crippen MR) is 168 cm³/mol. The van der Waals surface area contributed by atoms with Crippen molar-refractivity contribution in [1.29, 1.82) is 0 Å². The molecule has 1 aromatic carbocycles. The number of nitrogens with one attached hydrogen (secondary N) is 1. The van der Waals surface area contributed by atoms with Crippen molar-refractivity contribution in [2.24, 2.45) is 0 Å². The van der Waals surface area contributed by atoms with E-state index in [0.717, 1.165) is 11.6 Å². The topological polar surface area (TPSA) is 111 Å². The summed E-state index contributed by atoms with van der Waals surface area (Å²) in [4.78, 5) is 35.9. The molecule has 3 heterocycles. The van der Waals surface area contributed by atoms with Gasteiger partial charge in [0.2, 0.25) is 0 Å². The van der Waals surface area contributed by atoms with E-state index in [9.17, 15) is 14.0 Å². The molecule has 4 aromatic rings. The maximum Gasteiger partial charge on any atom is 0.416 e. The molecule has 0 aliphatic heterocycles. The molecule has 0 radical (unpaired) electrons. The van der Waals surface area contributed by atoms with E-state index in [1.807, 2.05) is 6.20 Å². The third-order valence-corrected chi connectivity index (χ3v) is 9.30. The van der Waals surface area contributed by atoms with Crippen molar-refractivity contribution in [3.8, 4) is 21.8 Å². The first kappa shape index (κ1) is 31.5. The van der Waals surface area contributed by atoms with Gasteiger partial charge < -0.3 is 14.8 Å². The van der Waals surface area contributed by atoms with Gasteiger partial charge in [-0.15, -0.1) is 22.7 Å². The average molecular weight is 631 g/mol. The fourth-order valence-electron chi connectivity index (χ4n) is 3.57. The fraction of sp³-hybridized carbons (Fsp3) is 0.393. The molecular weight excluding hydrogens is 596 g/mol. The lowest BCUT2D eigenvalue weighted by Crippen LogP contribution is -2.34. The molecule has 0 spiro atoms. The quantitative estimate of drug-likeness (QED) is 0.146. The number of halogens is 1. The molecule has 224 valence electrons. The van der Waals surface area contributed by atoms with Crippen molar-refractivity contribution in [2.75, 3.05) is 23.9 Å². The molecule has 42 heavy (non-hydrogen) atoms. The summed E-state index contributed by atoms with van der Waals surface area (Å²) in [5, 5.41) is 11.5. The lowest BCUT2D eigenvalue weighted by Gasteiger charge is -2.23. The molecule has 14 heteroatoms. The van der Waals surface area contributed by atoms with Crippen LogP contribution in [-0.2, 0) is 16.2 Å². The zero-order valence-corrected chi connectivity index (χ0v) is 27.4. The van der Waals surface area contributed by atoms with Gasteiger partial charge in [0.1, 0.15) is 28.9 Å². The van der Waals surface area contributed by atoms with Crippen LogP contribution in [0.3, 0.4) is 0 Å². The predicted octanol–water partition coefficient (Wildman–Crippen LogP) is 7.21. The Morgan fingerprint density at radius 2 is 1.90 bits per heavy atom. The first-order valence-corrected chi connectivity index (χ1v) is 18.7. The van der Waals surface area contributed by atoms with Crippen molar-refractivity contribution in [3.05, 3.63) is 52.9 Å². The van der Waals surface area contributed by atoms with Crippen LogP contribution in [-0.4, -0.2) is 59.1 Å². The summed E-state index contributed by atoms with van der Waals surface area (Å²) in [7, 11) is 0.390. The Kier molecular flexibility index (Phi) is 9.60. The number of ether oxygens (including phenoxy) is 2. The molecule has 4 rings (SSSR count). The zero-order valence-electron chi connectivity index (χ0n) is 24.7. The number of aromatic nitrogens is 4. The molecule has 0 saturated heterocycles. The normalized spacial score (nSPS) is 11.9. The van der Waals surface area contributed by atoms with E-state index >= 15 is 0 Å². The molecule has 1 N–H and O–H groups in total. The molecule has 0 saturated carbocycles. The smallest absolute Gasteiger partial charge is 0.416 e. The van der Waals surface area contributed by atoms with Crippen LogP contribution >= 0.6 is 22.7 Å². The first-order chi connectivity index (χ1) is 19.7. The Morgan fingerprint density at radius 1 is 1.14 bits per heavy atom. The van der Waals surface area contributed by atoms with Crippen molar-refractivity contribution < 1.29 is 23.5 Å². The second kappa shape index (κ2) is 12.8. The number of benzene rings is 1. The lowest BCUT2D eigenvalue weighted by atomic mass is 10.1. The number of nitrogens with zero attached hydrogens (tertiary/aromatic N) is 5. The highest BCUT2D eigenvalue weighted by molar-refractivity contribution is 7.14. The molecule has 0 fully saturated rings. The fourth-order valence-corrected chi connectivity index (χ4v) is 5.88. The maximum absolute atomic E-state index is 14.3. The molecule has 0 aliphatic rings. The molecule has 0 bridgehead atoms. The average Bonchev–Trinajstić information content (AvgIpc) is 3.66. The molecule has 0 atom stereocenters. The minimum atomic E-state index is -1.16. The summed E-state index contributed by atoms with van der Waals surface area (Å²) in [5.74, 6) is -0.941. The van der Waals surface area contributed by atoms with E-state index in [-0.39, 0.29) is 5.69 Å². The Balaban J connectivity index is 1.44. The highest BCUT2D eigenvalue weighted by Crippen LogP contribution is 2.33. The Bertz CT molecular complexity index is 1560. The number of anilines is 2. The summed E-state index contributed by atoms with van der Waals surface area (Å²) in [6.07, 6.45) is 2.96. The van der Waals surface area contributed by atoms with Gasteiger partial charge in [-0.25, -0.2) is 23.8 Å². The molecule has 0 unspecified atom stereocenters. The van der Waals surface area contributed by atoms with Gasteiger partial charge in [-0.05, 0) is 45.0 Å². The van der Waals surface area contributed by atoms with Crippen LogP contribution in [0.5, 0.6) is 0 Å². The highest BCUT2D eigenvalue weighted by atomic mass is 32.1. The second-order valence-electron chi connectivity index (χ2n) is 11.9. The first-order valence-electron chi connectivity index (χ1n) is 13.3. The van der Waals surface area contributed by atoms with Crippen molar-refractivity contribution in [2.45, 2.75) is 58.8 Å². The monoisotopic (exact) mass is 630 g/mol. The van der Waals surface area contributed by atoms with Crippen molar-refractivity contribution >= 4 is 53.6 Å². The summed E-state index contributed by atoms with van der Waals surface area (Å²) in [6.45, 7) is 13.3. The minimum absolute atomic E-state index is 0.216. The van der Waals surface area contributed by atoms with Crippen molar-refractivity contribution in [1.82, 2.24) is 19.7 Å². The van der Waals surface area contributed by atoms with Gasteiger partial charge in [0.25, 0.3) is 5.91 Å². The van der Waals surface area contributed by atoms with Gasteiger partial charge in [0, 0.05) is 49.8 Å². The number of thiazole rings is 2. The lowest BCUT2D eigenvalue weighted by molar-refractivity contribution is 0.0589. The van der Waals surface area contributed by atoms with Crippen LogP contribution < -0.4 is 10.2 Å². The number of hydrogen-bond donors (Lipinski definition) is 1. The largest absolute Gasteiger partial charge is 0.443 e. The number of carbonyl (C=O) groups is 2. The number of hydrogen-bond acceptors (Lipinski definition) is 9. The highest BCUT2D eigenvalue weighted by Gasteiger charge is 2.24. The molecule has 10 nitrogen and oxygen atoms in total. The van der Waals surface area contributed by atoms with E-state index in [1.165, 1.54) is 45.8 Å². The van der Waals surface area contributed by atoms with Crippen LogP contribution in [0.4, 0.5) is 20.0 Å². The third-order valence-electron chi connectivity index (χ3n) is 5.79. The van der Waals surface area contributed by atoms with Gasteiger partial charge >= 0.3 is 6.09 Å². The van der Waals surface area contributed by atoms with E-state index in [2.05, 4.69) is 40.0 Å². The van der Waals surface area contributed by atoms with E-state index < -0.39 is 31.5 Å². The van der Waals surface area contributed by atoms with Gasteiger partial charge in [-0.2, -0.15) is 5.10 Å². The Labute approximate surface area is 253 Å². The molecule has 2 amide bonds. The number of carbonyl (C=O) groups excluding carboxylic acids is 2. The summed E-state index contributed by atoms with van der Waals surface area (Å²) in [6, 6.07) is 5.09. The standard InChI is InChI=1S/C28H35FN6O4S2Si/c1-28(2,3)39-27(37)34(4)26-33-22(15-41-26)20-12-19(29)8-9-21(20)31-24(36)23-16-40-25(32-23)18-13-30-35(14-18)17-38-10-11-42(5,6)7/h8-9,12-16H,10-11,17H2,1-7H3,(H,31,36). The molecular formula is C28H35FN6O4S2Si. The minimum Gasteiger partial charge on any atom is -0.443 e. The second-order valence-corrected chi connectivity index (χ2v) is 19.2. The van der Waals surface area contributed by atoms with Gasteiger partial charge in [0.15, 0.2) is 5.13 Å². The maximum atomic E-state index is 14.3. The number of amides is 2. The van der Waals surface area contributed by atoms with Crippen LogP contribution in [0, 0.1) is 5.82 Å². The van der Waals surface area contributed by atoms with Crippen LogP contribution in [0.2, 0.25) is 25.7 Å². The Morgan fingerprint density at radius 3 is 2.62 bits per heavy atom. The van der Waals surface area contributed by atoms with E-state index in [1.54, 1.807) is 49.5 Å². The van der Waals surface area contributed by atoms with Gasteiger partial charge in [0.05, 0.1) is 17.6 Å². The van der Waals surface area contributed by atoms with Crippen molar-refractivity contribution in [3.63, 3.8) is 0 Å². The SMILES string of the molecule is CN(C(=O)OC(C)(C)C)c1nc(-c2cc(F)ccc2NC(=O)c2csc(-c3cnn(COCC[Si](C)(C)C)c3)n2)cs1. The Hall–Kier alpha value is -3.46. The van der Waals surface area contributed by atoms with Crippen LogP contribution in [0.25, 0.3) is 21.8 Å². The van der Waals surface area contributed by atoms with Crippen LogP contribution in [0.15, 0.2) is 41.4 Å². The summed E-state index contributed by atoms with van der Waals surface area (Å²) >= 11 is 2.52. The summed E-state index contributed by atoms with van der Waals surface area (Å²) < 4.78 is 27.1. The number of rotatable bonds is 10. The zero-order chi connectivity index (χ0) is 30.7. The third kappa shape index (κ3) is 8.53. The molecule has 3 aromatic heterocycles. The van der Waals surface area contributed by atoms with Gasteiger partial charge in [-0.1, -0.05) is 19.6 Å².